The fraction of sp³-hybridized carbons (Fsp3) is 0. The van der Waals surface area contributed by atoms with Gasteiger partial charge in [-0.2, -0.15) is 0 Å². The predicted octanol–water partition coefficient (Wildman–Crippen LogP) is 2.92. The Morgan fingerprint density at radius 1 is 1.47 bits per heavy atom. The lowest BCUT2D eigenvalue weighted by Crippen LogP contribution is -2.05. The van der Waals surface area contributed by atoms with Gasteiger partial charge in [-0.15, -0.1) is 11.3 Å². The molecule has 1 aromatic carbocycles. The summed E-state index contributed by atoms with van der Waals surface area (Å²) in [5, 5.41) is 6.28. The van der Waals surface area contributed by atoms with Gasteiger partial charge < -0.3 is 10.6 Å². The fourth-order valence-corrected chi connectivity index (χ4v) is 2.15. The first-order chi connectivity index (χ1) is 9.10. The van der Waals surface area contributed by atoms with E-state index in [0.29, 0.717) is 15.8 Å². The molecule has 5 nitrogen and oxygen atoms in total. The van der Waals surface area contributed by atoms with Crippen LogP contribution in [0.1, 0.15) is 5.69 Å². The lowest BCUT2D eigenvalue weighted by Gasteiger charge is -2.01. The Morgan fingerprint density at radius 2 is 2.26 bits per heavy atom. The molecule has 0 saturated carbocycles. The molecule has 97 valence electrons. The minimum atomic E-state index is -0.0982. The van der Waals surface area contributed by atoms with Crippen molar-refractivity contribution in [3.8, 4) is 5.75 Å². The van der Waals surface area contributed by atoms with Crippen LogP contribution in [-0.4, -0.2) is 17.0 Å². The Hall–Kier alpha value is -1.63. The van der Waals surface area contributed by atoms with Crippen LogP contribution in [0.25, 0.3) is 0 Å². The number of aromatic nitrogens is 1. The van der Waals surface area contributed by atoms with Gasteiger partial charge in [-0.05, 0) is 18.2 Å². The van der Waals surface area contributed by atoms with Crippen molar-refractivity contribution in [3.05, 3.63) is 39.3 Å². The molecule has 0 atom stereocenters. The van der Waals surface area contributed by atoms with Crippen molar-refractivity contribution in [3.63, 3.8) is 0 Å². The second kappa shape index (κ2) is 6.01. The third-order valence-electron chi connectivity index (χ3n) is 1.99. The largest absolute Gasteiger partial charge is 0.375 e. The zero-order chi connectivity index (χ0) is 13.8. The molecule has 0 spiro atoms. The van der Waals surface area contributed by atoms with Gasteiger partial charge in [-0.25, -0.2) is 4.98 Å². The van der Waals surface area contributed by atoms with Crippen LogP contribution >= 0.6 is 34.5 Å². The number of anilines is 1. The van der Waals surface area contributed by atoms with Gasteiger partial charge in [0.2, 0.25) is 0 Å². The molecule has 0 amide bonds. The van der Waals surface area contributed by atoms with Crippen molar-refractivity contribution in [2.45, 2.75) is 0 Å². The number of hydrogen-bond donors (Lipinski definition) is 1. The van der Waals surface area contributed by atoms with E-state index >= 15 is 0 Å². The maximum absolute atomic E-state index is 10.8. The van der Waals surface area contributed by atoms with E-state index in [1.807, 2.05) is 0 Å². The third-order valence-corrected chi connectivity index (χ3v) is 3.19. The molecule has 2 aromatic rings. The number of nitrogen functional groups attached to an aromatic ring is 1. The second-order valence-corrected chi connectivity index (χ2v) is 5.01. The number of oxime groups is 1. The summed E-state index contributed by atoms with van der Waals surface area (Å²) in [5.41, 5.74) is 5.66. The van der Waals surface area contributed by atoms with Crippen LogP contribution in [-0.2, 0) is 4.79 Å². The minimum absolute atomic E-state index is 0.0982. The van der Waals surface area contributed by atoms with Crippen molar-refractivity contribution in [2.75, 3.05) is 5.73 Å². The predicted molar refractivity (Wildman–Crippen MR) is 75.8 cm³/mol. The van der Waals surface area contributed by atoms with Crippen LogP contribution < -0.4 is 10.6 Å². The smallest absolute Gasteiger partial charge is 0.259 e. The summed E-state index contributed by atoms with van der Waals surface area (Å²) < 4.78 is 0. The van der Waals surface area contributed by atoms with Gasteiger partial charge >= 0.3 is 0 Å². The summed E-state index contributed by atoms with van der Waals surface area (Å²) in [6, 6.07) is 4.62. The zero-order valence-corrected chi connectivity index (χ0v) is 11.6. The van der Waals surface area contributed by atoms with Crippen molar-refractivity contribution < 1.29 is 9.63 Å². The number of hydrogen-bond acceptors (Lipinski definition) is 6. The Bertz CT molecular complexity index is 643. The van der Waals surface area contributed by atoms with Crippen molar-refractivity contribution >= 4 is 51.7 Å². The lowest BCUT2D eigenvalue weighted by molar-refractivity contribution is 0.342. The molecule has 2 N–H and O–H groups in total. The number of thiazole rings is 1. The second-order valence-electron chi connectivity index (χ2n) is 3.28. The normalized spacial score (nSPS) is 11.4. The van der Waals surface area contributed by atoms with Gasteiger partial charge in [-0.3, -0.25) is 4.79 Å². The standard InChI is InChI=1S/C11H6Cl2N3O2S/c12-6-1-2-10(7(13)3-6)18-16-8(4-17)9-5-19-11(14)15-9/h1-3,5H,(H2,14,15)/b16-8-. The van der Waals surface area contributed by atoms with Gasteiger partial charge in [0.05, 0.1) is 5.02 Å². The summed E-state index contributed by atoms with van der Waals surface area (Å²) in [6.07, 6.45) is 1.63. The number of rotatable bonds is 4. The van der Waals surface area contributed by atoms with Gasteiger partial charge in [0.25, 0.3) is 6.29 Å². The van der Waals surface area contributed by atoms with Crippen molar-refractivity contribution in [2.24, 2.45) is 5.16 Å². The fourth-order valence-electron chi connectivity index (χ4n) is 1.16. The molecule has 0 saturated heterocycles. The van der Waals surface area contributed by atoms with Gasteiger partial charge in [0.1, 0.15) is 5.69 Å². The van der Waals surface area contributed by atoms with E-state index in [1.165, 1.54) is 23.5 Å². The molecule has 0 bridgehead atoms. The van der Waals surface area contributed by atoms with Crippen LogP contribution in [0.5, 0.6) is 5.75 Å². The molecular weight excluding hydrogens is 309 g/mol. The van der Waals surface area contributed by atoms with Crippen molar-refractivity contribution in [1.82, 2.24) is 4.98 Å². The Kier molecular flexibility index (Phi) is 4.36. The summed E-state index contributed by atoms with van der Waals surface area (Å²) in [7, 11) is 0. The summed E-state index contributed by atoms with van der Waals surface area (Å²) in [4.78, 5) is 19.8. The maximum atomic E-state index is 10.8. The van der Waals surface area contributed by atoms with Gasteiger partial charge in [-0.1, -0.05) is 28.4 Å². The first kappa shape index (κ1) is 13.8. The topological polar surface area (TPSA) is 77.6 Å². The average molecular weight is 315 g/mol. The Labute approximate surface area is 122 Å². The average Bonchev–Trinajstić information content (AvgIpc) is 2.79. The summed E-state index contributed by atoms with van der Waals surface area (Å²) in [6.45, 7) is 0. The van der Waals surface area contributed by atoms with Crippen molar-refractivity contribution in [1.29, 1.82) is 0 Å². The Balaban J connectivity index is 2.22. The highest BCUT2D eigenvalue weighted by molar-refractivity contribution is 7.13. The summed E-state index contributed by atoms with van der Waals surface area (Å²) in [5.74, 6) is 0.266. The molecule has 2 rings (SSSR count). The molecule has 0 aliphatic carbocycles. The highest BCUT2D eigenvalue weighted by atomic mass is 35.5. The molecule has 0 fully saturated rings. The molecule has 0 aliphatic rings. The van der Waals surface area contributed by atoms with Crippen LogP contribution in [0.4, 0.5) is 5.13 Å². The highest BCUT2D eigenvalue weighted by Crippen LogP contribution is 2.27. The molecule has 1 aromatic heterocycles. The van der Waals surface area contributed by atoms with E-state index in [1.54, 1.807) is 17.7 Å². The number of nitrogens with zero attached hydrogens (tertiary/aromatic N) is 2. The monoisotopic (exact) mass is 314 g/mol. The SMILES string of the molecule is Nc1nc(/C([C]=O)=N\Oc2ccc(Cl)cc2Cl)cs1. The molecular formula is C11H6Cl2N3O2S. The van der Waals surface area contributed by atoms with E-state index in [9.17, 15) is 4.79 Å². The maximum Gasteiger partial charge on any atom is 0.259 e. The van der Waals surface area contributed by atoms with Crippen LogP contribution in [0.2, 0.25) is 10.0 Å². The van der Waals surface area contributed by atoms with E-state index in [4.69, 9.17) is 33.8 Å². The van der Waals surface area contributed by atoms with Crippen LogP contribution in [0.3, 0.4) is 0 Å². The Morgan fingerprint density at radius 3 is 2.84 bits per heavy atom. The van der Waals surface area contributed by atoms with E-state index < -0.39 is 0 Å². The number of nitrogens with two attached hydrogens (primary N) is 1. The van der Waals surface area contributed by atoms with Crippen LogP contribution in [0, 0.1) is 0 Å². The number of halogens is 2. The summed E-state index contributed by atoms with van der Waals surface area (Å²) >= 11 is 12.8. The van der Waals surface area contributed by atoms with Gasteiger partial charge in [0.15, 0.2) is 16.6 Å². The third kappa shape index (κ3) is 3.44. The first-order valence-electron chi connectivity index (χ1n) is 4.89. The first-order valence-corrected chi connectivity index (χ1v) is 6.53. The van der Waals surface area contributed by atoms with Crippen LogP contribution in [0.15, 0.2) is 28.7 Å². The number of carbonyl (C=O) groups excluding carboxylic acids is 1. The molecule has 19 heavy (non-hydrogen) atoms. The molecule has 0 unspecified atom stereocenters. The van der Waals surface area contributed by atoms with Gasteiger partial charge in [0, 0.05) is 10.4 Å². The quantitative estimate of drug-likeness (QED) is 0.695. The van der Waals surface area contributed by atoms with E-state index in [-0.39, 0.29) is 16.5 Å². The molecule has 1 heterocycles. The van der Waals surface area contributed by atoms with E-state index in [0.717, 1.165) is 0 Å². The van der Waals surface area contributed by atoms with E-state index in [2.05, 4.69) is 10.1 Å². The number of benzene rings is 1. The lowest BCUT2D eigenvalue weighted by atomic mass is 10.3. The molecule has 0 aliphatic heterocycles. The molecule has 1 radical (unpaired) electrons. The minimum Gasteiger partial charge on any atom is -0.375 e. The molecule has 8 heteroatoms. The zero-order valence-electron chi connectivity index (χ0n) is 9.26. The highest BCUT2D eigenvalue weighted by Gasteiger charge is 2.10.